The first-order chi connectivity index (χ1) is 15.5. The van der Waals surface area contributed by atoms with Crippen molar-refractivity contribution in [2.24, 2.45) is 0 Å². The van der Waals surface area contributed by atoms with Gasteiger partial charge in [-0.05, 0) is 30.3 Å². The SMILES string of the molecule is O=C(c1cc2ncnc(N[C@@H](CO)c3nc4cc(Cl)ccc4[nH]3)c2cc1Cl)N1CC=CC1. The predicted octanol–water partition coefficient (Wildman–Crippen LogP) is 3.97. The minimum Gasteiger partial charge on any atom is -0.394 e. The highest BCUT2D eigenvalue weighted by atomic mass is 35.5. The van der Waals surface area contributed by atoms with Crippen molar-refractivity contribution in [3.63, 3.8) is 0 Å². The first kappa shape index (κ1) is 20.7. The largest absolute Gasteiger partial charge is 0.394 e. The van der Waals surface area contributed by atoms with Crippen molar-refractivity contribution in [3.05, 3.63) is 70.2 Å². The van der Waals surface area contributed by atoms with Gasteiger partial charge in [0, 0.05) is 23.5 Å². The maximum absolute atomic E-state index is 12.8. The monoisotopic (exact) mass is 468 g/mol. The Hall–Kier alpha value is -3.20. The molecule has 0 saturated heterocycles. The highest BCUT2D eigenvalue weighted by Gasteiger charge is 2.22. The average Bonchev–Trinajstić information content (AvgIpc) is 3.46. The number of halogens is 2. The fourth-order valence-corrected chi connectivity index (χ4v) is 4.11. The van der Waals surface area contributed by atoms with E-state index in [1.54, 1.807) is 29.2 Å². The number of amides is 1. The Morgan fingerprint density at radius 2 is 1.97 bits per heavy atom. The normalized spacial score (nSPS) is 14.4. The molecule has 5 rings (SSSR count). The molecule has 0 spiro atoms. The molecule has 0 fully saturated rings. The van der Waals surface area contributed by atoms with Gasteiger partial charge in [-0.2, -0.15) is 0 Å². The second-order valence-electron chi connectivity index (χ2n) is 7.42. The Balaban J connectivity index is 1.48. The van der Waals surface area contributed by atoms with Crippen molar-refractivity contribution in [3.8, 4) is 0 Å². The minimum absolute atomic E-state index is 0.149. The van der Waals surface area contributed by atoms with Crippen molar-refractivity contribution < 1.29 is 9.90 Å². The molecule has 0 radical (unpaired) electrons. The first-order valence-corrected chi connectivity index (χ1v) is 10.7. The number of aromatic nitrogens is 4. The summed E-state index contributed by atoms with van der Waals surface area (Å²) in [5.74, 6) is 0.858. The number of aliphatic hydroxyl groups excluding tert-OH is 1. The molecule has 32 heavy (non-hydrogen) atoms. The van der Waals surface area contributed by atoms with Crippen LogP contribution in [0.5, 0.6) is 0 Å². The van der Waals surface area contributed by atoms with Crippen LogP contribution in [0.3, 0.4) is 0 Å². The predicted molar refractivity (Wildman–Crippen MR) is 124 cm³/mol. The first-order valence-electron chi connectivity index (χ1n) is 9.94. The maximum Gasteiger partial charge on any atom is 0.256 e. The second-order valence-corrected chi connectivity index (χ2v) is 8.26. The van der Waals surface area contributed by atoms with Gasteiger partial charge in [0.1, 0.15) is 24.0 Å². The smallest absolute Gasteiger partial charge is 0.256 e. The molecule has 1 atom stereocenters. The molecule has 0 aliphatic carbocycles. The zero-order valence-electron chi connectivity index (χ0n) is 16.7. The van der Waals surface area contributed by atoms with Gasteiger partial charge in [-0.1, -0.05) is 35.4 Å². The lowest BCUT2D eigenvalue weighted by atomic mass is 10.1. The van der Waals surface area contributed by atoms with Gasteiger partial charge in [0.2, 0.25) is 0 Å². The number of carbonyl (C=O) groups is 1. The van der Waals surface area contributed by atoms with Gasteiger partial charge in [0.15, 0.2) is 0 Å². The summed E-state index contributed by atoms with van der Waals surface area (Å²) in [6.45, 7) is 0.890. The topological polar surface area (TPSA) is 107 Å². The number of aromatic amines is 1. The van der Waals surface area contributed by atoms with Crippen molar-refractivity contribution in [2.45, 2.75) is 6.04 Å². The highest BCUT2D eigenvalue weighted by Crippen LogP contribution is 2.30. The van der Waals surface area contributed by atoms with Crippen LogP contribution in [0, 0.1) is 0 Å². The van der Waals surface area contributed by atoms with Crippen molar-refractivity contribution >= 4 is 56.9 Å². The van der Waals surface area contributed by atoms with Crippen LogP contribution in [0.1, 0.15) is 22.2 Å². The Kier molecular flexibility index (Phi) is 5.42. The lowest BCUT2D eigenvalue weighted by Crippen LogP contribution is -2.28. The van der Waals surface area contributed by atoms with Crippen LogP contribution in [-0.2, 0) is 0 Å². The Labute approximate surface area is 192 Å². The van der Waals surface area contributed by atoms with E-state index in [0.29, 0.717) is 56.8 Å². The molecule has 1 aliphatic rings. The number of imidazole rings is 1. The van der Waals surface area contributed by atoms with Gasteiger partial charge < -0.3 is 20.3 Å². The standard InChI is InChI=1S/C22H18Cl2N6O2/c23-12-3-4-16-18(7-12)28-21(27-16)19(10-31)29-20-14-8-15(24)13(9-17(14)25-11-26-20)22(32)30-5-1-2-6-30/h1-4,7-9,11,19,31H,5-6,10H2,(H,27,28)(H,25,26,29)/t19-/m0/s1. The number of hydrogen-bond donors (Lipinski definition) is 3. The third-order valence-corrected chi connectivity index (χ3v) is 5.89. The quantitative estimate of drug-likeness (QED) is 0.382. The summed E-state index contributed by atoms with van der Waals surface area (Å²) in [7, 11) is 0. The summed E-state index contributed by atoms with van der Waals surface area (Å²) in [5.41, 5.74) is 2.46. The number of H-pyrrole nitrogens is 1. The summed E-state index contributed by atoms with van der Waals surface area (Å²) < 4.78 is 0. The average molecular weight is 469 g/mol. The Morgan fingerprint density at radius 1 is 1.16 bits per heavy atom. The number of nitrogens with zero attached hydrogens (tertiary/aromatic N) is 4. The van der Waals surface area contributed by atoms with E-state index in [4.69, 9.17) is 23.2 Å². The molecule has 10 heteroatoms. The molecular weight excluding hydrogens is 451 g/mol. The molecule has 8 nitrogen and oxygen atoms in total. The van der Waals surface area contributed by atoms with E-state index in [9.17, 15) is 9.90 Å². The van der Waals surface area contributed by atoms with Gasteiger partial charge in [0.25, 0.3) is 5.91 Å². The van der Waals surface area contributed by atoms with Crippen LogP contribution >= 0.6 is 23.2 Å². The molecule has 1 aliphatic heterocycles. The van der Waals surface area contributed by atoms with Crippen LogP contribution < -0.4 is 5.32 Å². The fraction of sp³-hybridized carbons (Fsp3) is 0.182. The second kappa shape index (κ2) is 8.38. The molecule has 0 bridgehead atoms. The molecule has 4 aromatic rings. The van der Waals surface area contributed by atoms with E-state index in [2.05, 4.69) is 25.3 Å². The third kappa shape index (κ3) is 3.77. The Bertz CT molecular complexity index is 1360. The third-order valence-electron chi connectivity index (χ3n) is 5.35. The van der Waals surface area contributed by atoms with Crippen molar-refractivity contribution in [1.82, 2.24) is 24.8 Å². The van der Waals surface area contributed by atoms with Crippen LogP contribution in [0.4, 0.5) is 5.82 Å². The van der Waals surface area contributed by atoms with Crippen molar-refractivity contribution in [2.75, 3.05) is 25.0 Å². The van der Waals surface area contributed by atoms with Crippen molar-refractivity contribution in [1.29, 1.82) is 0 Å². The lowest BCUT2D eigenvalue weighted by Gasteiger charge is -2.18. The van der Waals surface area contributed by atoms with Gasteiger partial charge in [-0.15, -0.1) is 0 Å². The zero-order valence-corrected chi connectivity index (χ0v) is 18.2. The highest BCUT2D eigenvalue weighted by molar-refractivity contribution is 6.35. The molecule has 3 N–H and O–H groups in total. The lowest BCUT2D eigenvalue weighted by molar-refractivity contribution is 0.0800. The van der Waals surface area contributed by atoms with Gasteiger partial charge in [-0.3, -0.25) is 4.79 Å². The molecule has 2 aromatic heterocycles. The number of anilines is 1. The van der Waals surface area contributed by atoms with Gasteiger partial charge in [0.05, 0.1) is 33.7 Å². The number of rotatable bonds is 5. The zero-order chi connectivity index (χ0) is 22.2. The van der Waals surface area contributed by atoms with Crippen LogP contribution in [0.2, 0.25) is 10.0 Å². The van der Waals surface area contributed by atoms with E-state index < -0.39 is 6.04 Å². The molecule has 0 unspecified atom stereocenters. The summed E-state index contributed by atoms with van der Waals surface area (Å²) >= 11 is 12.5. The molecule has 3 heterocycles. The minimum atomic E-state index is -0.560. The number of fused-ring (bicyclic) bond motifs is 2. The van der Waals surface area contributed by atoms with E-state index in [1.807, 2.05) is 18.2 Å². The summed E-state index contributed by atoms with van der Waals surface area (Å²) in [5, 5.41) is 14.7. The number of aliphatic hydroxyl groups is 1. The maximum atomic E-state index is 12.8. The molecular formula is C22H18Cl2N6O2. The van der Waals surface area contributed by atoms with E-state index in [1.165, 1.54) is 6.33 Å². The number of benzene rings is 2. The fourth-order valence-electron chi connectivity index (χ4n) is 3.70. The van der Waals surface area contributed by atoms with Gasteiger partial charge >= 0.3 is 0 Å². The molecule has 2 aromatic carbocycles. The molecule has 0 saturated carbocycles. The van der Waals surface area contributed by atoms with E-state index in [-0.39, 0.29) is 12.5 Å². The molecule has 1 amide bonds. The number of hydrogen-bond acceptors (Lipinski definition) is 6. The Morgan fingerprint density at radius 3 is 2.75 bits per heavy atom. The number of nitrogens with one attached hydrogen (secondary N) is 2. The van der Waals surface area contributed by atoms with Crippen LogP contribution in [-0.4, -0.2) is 55.5 Å². The van der Waals surface area contributed by atoms with Gasteiger partial charge in [-0.25, -0.2) is 15.0 Å². The summed E-state index contributed by atoms with van der Waals surface area (Å²) in [6, 6.07) is 8.13. The summed E-state index contributed by atoms with van der Waals surface area (Å²) in [6.07, 6.45) is 5.28. The molecule has 162 valence electrons. The van der Waals surface area contributed by atoms with E-state index >= 15 is 0 Å². The van der Waals surface area contributed by atoms with Crippen LogP contribution in [0.25, 0.3) is 21.9 Å². The summed E-state index contributed by atoms with van der Waals surface area (Å²) in [4.78, 5) is 30.8. The number of carbonyl (C=O) groups excluding carboxylic acids is 1. The van der Waals surface area contributed by atoms with Crippen LogP contribution in [0.15, 0.2) is 48.8 Å². The van der Waals surface area contributed by atoms with E-state index in [0.717, 1.165) is 5.52 Å².